The molecule has 0 spiro atoms. The van der Waals surface area contributed by atoms with Gasteiger partial charge in [-0.25, -0.2) is 38.7 Å². The molecule has 0 radical (unpaired) electrons. The number of thioether (sulfide) groups is 4. The van der Waals surface area contributed by atoms with Gasteiger partial charge in [0.25, 0.3) is 0 Å². The minimum absolute atomic E-state index is 0.00920. The first-order chi connectivity index (χ1) is 46.9. The second kappa shape index (κ2) is 33.3. The summed E-state index contributed by atoms with van der Waals surface area (Å²) in [5, 5.41) is 4.87. The molecule has 514 valence electrons. The molecule has 29 heteroatoms. The number of nitrogens with zero attached hydrogens (tertiary/aromatic N) is 3. The molecule has 4 aliphatic rings. The summed E-state index contributed by atoms with van der Waals surface area (Å²) in [7, 11) is -12.8. The molecule has 9 aromatic rings. The second-order valence-electron chi connectivity index (χ2n) is 22.7. The summed E-state index contributed by atoms with van der Waals surface area (Å²) < 4.78 is 126. The highest BCUT2D eigenvalue weighted by molar-refractivity contribution is 8.09. The number of Topliss-reactive ketones (excluding diaryl/α,β-unsaturated/α-hetero) is 1. The third-order valence-electron chi connectivity index (χ3n) is 14.6. The van der Waals surface area contributed by atoms with Crippen LogP contribution in [0.3, 0.4) is 0 Å². The normalized spacial score (nSPS) is 16.6. The van der Waals surface area contributed by atoms with E-state index in [9.17, 15) is 38.5 Å². The summed E-state index contributed by atoms with van der Waals surface area (Å²) in [5.41, 5.74) is 25.2. The average molecular weight is 1480 g/mol. The van der Waals surface area contributed by atoms with E-state index >= 15 is 0 Å². The van der Waals surface area contributed by atoms with Gasteiger partial charge in [-0.05, 0) is 194 Å². The van der Waals surface area contributed by atoms with Crippen LogP contribution in [0.5, 0.6) is 46.0 Å². The average Bonchev–Trinajstić information content (AvgIpc) is 1.64. The van der Waals surface area contributed by atoms with Gasteiger partial charge in [-0.15, -0.1) is 0 Å². The number of hydrogen-bond donors (Lipinski definition) is 4. The Balaban J connectivity index is 0.000000142. The lowest BCUT2D eigenvalue weighted by Crippen LogP contribution is -2.21. The molecule has 0 aliphatic carbocycles. The Bertz CT molecular complexity index is 4640. The van der Waals surface area contributed by atoms with E-state index in [1.807, 2.05) is 60.7 Å². The summed E-state index contributed by atoms with van der Waals surface area (Å²) >= 11 is 6.71. The number of rotatable bonds is 27. The minimum Gasteiger partial charge on any atom is -0.457 e. The third kappa shape index (κ3) is 23.1. The lowest BCUT2D eigenvalue weighted by molar-refractivity contribution is -0.117. The molecule has 4 unspecified atom stereocenters. The van der Waals surface area contributed by atoms with Crippen molar-refractivity contribution >= 4 is 104 Å². The highest BCUT2D eigenvalue weighted by Crippen LogP contribution is 2.37. The SMILES string of the molecule is CC(=O)CCc1ccc(Oc2ccc(S(=O)(=O)CC3CS3)cc2)cc1.NC(N)=Nc1ccc(Oc2ccc(S(=O)(=O)CC3CS3)cc2)cc1.NCc1ccc(Oc2ccc(S(=O)(=O)CC3CS3)cc2)cc1.NCc1nc(-c2ccc(Oc3ccc(S(=O)(=O)CC4CS4)cc3)cc2)no1. The van der Waals surface area contributed by atoms with Gasteiger partial charge in [0.2, 0.25) is 11.7 Å². The Kier molecular flexibility index (Phi) is 24.8. The van der Waals surface area contributed by atoms with Crippen molar-refractivity contribution in [3.8, 4) is 57.4 Å². The highest BCUT2D eigenvalue weighted by Gasteiger charge is 2.33. The Morgan fingerprint density at radius 3 is 0.990 bits per heavy atom. The minimum atomic E-state index is -3.23. The summed E-state index contributed by atoms with van der Waals surface area (Å²) in [5.74, 6) is 10.5. The lowest BCUT2D eigenvalue weighted by atomic mass is 10.1. The summed E-state index contributed by atoms with van der Waals surface area (Å²) in [6.07, 6.45) is 1.26. The number of carbonyl (C=O) groups excluding carboxylic acids is 1. The van der Waals surface area contributed by atoms with Crippen molar-refractivity contribution in [3.05, 3.63) is 211 Å². The summed E-state index contributed by atoms with van der Waals surface area (Å²) in [4.78, 5) is 20.4. The zero-order valence-corrected chi connectivity index (χ0v) is 59.4. The number of benzene rings is 8. The van der Waals surface area contributed by atoms with Crippen molar-refractivity contribution in [2.24, 2.45) is 27.9 Å². The van der Waals surface area contributed by atoms with Crippen molar-refractivity contribution < 1.29 is 61.9 Å². The number of aromatic nitrogens is 2. The fourth-order valence-corrected chi connectivity index (χ4v) is 19.7. The van der Waals surface area contributed by atoms with Crippen molar-refractivity contribution in [1.82, 2.24) is 10.1 Å². The number of carbonyl (C=O) groups is 1. The molecule has 4 atom stereocenters. The predicted octanol–water partition coefficient (Wildman–Crippen LogP) is 11.9. The van der Waals surface area contributed by atoms with E-state index in [0.717, 1.165) is 46.1 Å². The van der Waals surface area contributed by atoms with E-state index in [4.69, 9.17) is 46.4 Å². The molecule has 8 aromatic carbocycles. The first-order valence-corrected chi connectivity index (χ1v) is 41.4. The molecule has 13 rings (SSSR count). The first kappa shape index (κ1) is 72.9. The molecule has 4 fully saturated rings. The zero-order valence-electron chi connectivity index (χ0n) is 52.9. The molecule has 8 N–H and O–H groups in total. The molecule has 0 bridgehead atoms. The van der Waals surface area contributed by atoms with E-state index in [-0.39, 0.29) is 62.3 Å². The molecule has 1 aromatic heterocycles. The molecule has 4 saturated heterocycles. The monoisotopic (exact) mass is 1480 g/mol. The molecule has 4 aliphatic heterocycles. The molecule has 0 amide bonds. The van der Waals surface area contributed by atoms with Crippen LogP contribution < -0.4 is 41.9 Å². The van der Waals surface area contributed by atoms with Gasteiger partial charge in [0.1, 0.15) is 51.8 Å². The van der Waals surface area contributed by atoms with Crippen LogP contribution in [0.15, 0.2) is 223 Å². The van der Waals surface area contributed by atoms with Crippen LogP contribution in [0.1, 0.15) is 30.4 Å². The van der Waals surface area contributed by atoms with Crippen molar-refractivity contribution in [1.29, 1.82) is 0 Å². The quantitative estimate of drug-likeness (QED) is 0.0211. The predicted molar refractivity (Wildman–Crippen MR) is 389 cm³/mol. The third-order valence-corrected chi connectivity index (χ3v) is 26.7. The Hall–Kier alpha value is -7.84. The zero-order chi connectivity index (χ0) is 69.5. The van der Waals surface area contributed by atoms with Crippen molar-refractivity contribution in [2.45, 2.75) is 73.4 Å². The summed E-state index contributed by atoms with van der Waals surface area (Å²) in [6.45, 7) is 2.27. The van der Waals surface area contributed by atoms with Crippen LogP contribution in [0.2, 0.25) is 0 Å². The lowest BCUT2D eigenvalue weighted by Gasteiger charge is -2.08. The van der Waals surface area contributed by atoms with E-state index in [0.29, 0.717) is 95.9 Å². The van der Waals surface area contributed by atoms with Gasteiger partial charge in [0, 0.05) is 62.5 Å². The number of aliphatic imine (C=N–C) groups is 1. The number of ketones is 1. The molecule has 98 heavy (non-hydrogen) atoms. The molecule has 21 nitrogen and oxygen atoms in total. The maximum atomic E-state index is 12.3. The largest absolute Gasteiger partial charge is 0.457 e. The number of sulfone groups is 4. The van der Waals surface area contributed by atoms with Crippen molar-refractivity contribution in [3.63, 3.8) is 0 Å². The number of hydrogen-bond acceptors (Lipinski definition) is 23. The van der Waals surface area contributed by atoms with E-state index in [1.54, 1.807) is 187 Å². The fraction of sp³-hybridized carbons (Fsp3) is 0.246. The van der Waals surface area contributed by atoms with Gasteiger partial charge in [-0.3, -0.25) is 0 Å². The van der Waals surface area contributed by atoms with Crippen molar-refractivity contribution in [2.75, 3.05) is 46.0 Å². The number of ether oxygens (including phenoxy) is 4. The molecular weight excluding hydrogens is 1410 g/mol. The van der Waals surface area contributed by atoms with Gasteiger partial charge in [-0.2, -0.15) is 52.0 Å². The van der Waals surface area contributed by atoms with Gasteiger partial charge in [-0.1, -0.05) is 29.4 Å². The Morgan fingerprint density at radius 2 is 0.724 bits per heavy atom. The number of aryl methyl sites for hydroxylation is 1. The van der Waals surface area contributed by atoms with Crippen LogP contribution in [0, 0.1) is 0 Å². The standard InChI is InChI=1S/C19H20O4S2.C18H17N3O4S2.C16H17N3O3S2.C16H17NO3S2/c1-14(20)2-3-15-4-6-16(7-5-15)23-17-8-10-19(11-9-17)25(21,22)13-18-12-24-18;19-9-17-20-18(21-25-17)12-1-3-13(4-2-12)24-14-5-7-16(8-6-14)27(22,23)11-15-10-26-15;17-16(18)19-11-1-3-12(4-2-11)22-13-5-7-15(8-6-13)24(20,21)10-14-9-23-14;17-9-12-1-3-13(4-2-12)20-14-5-7-16(8-6-14)22(18,19)11-15-10-21-15/h4-11,18H,2-3,12-13H2,1H3;1-8,15H,9-11,19H2;1-8,14H,9-10H2,(H4,17,18,19);1-8,15H,9-11,17H2. The molecule has 5 heterocycles. The molecule has 0 saturated carbocycles. The van der Waals surface area contributed by atoms with Gasteiger partial charge >= 0.3 is 0 Å². The van der Waals surface area contributed by atoms with E-state index in [2.05, 4.69) is 15.1 Å². The second-order valence-corrected chi connectivity index (χ2v) is 36.2. The van der Waals surface area contributed by atoms with E-state index < -0.39 is 39.3 Å². The Labute approximate surface area is 587 Å². The first-order valence-electron chi connectivity index (χ1n) is 30.6. The fourth-order valence-electron chi connectivity index (χ4n) is 9.03. The smallest absolute Gasteiger partial charge is 0.240 e. The van der Waals surface area contributed by atoms with Crippen LogP contribution in [-0.4, -0.2) is 123 Å². The van der Waals surface area contributed by atoms with Crippen LogP contribution in [0.4, 0.5) is 5.69 Å². The van der Waals surface area contributed by atoms with Gasteiger partial charge in [0.05, 0.1) is 54.8 Å². The topological polar surface area (TPSA) is 346 Å². The van der Waals surface area contributed by atoms with Crippen LogP contribution in [0.25, 0.3) is 11.4 Å². The Morgan fingerprint density at radius 1 is 0.439 bits per heavy atom. The van der Waals surface area contributed by atoms with Crippen LogP contribution >= 0.6 is 47.0 Å². The molecular formula is C69H71N7O14S8. The highest BCUT2D eigenvalue weighted by atomic mass is 32.2. The van der Waals surface area contributed by atoms with Crippen LogP contribution in [-0.2, 0) is 63.7 Å². The maximum absolute atomic E-state index is 12.3. The van der Waals surface area contributed by atoms with Gasteiger partial charge < -0.3 is 51.2 Å². The van der Waals surface area contributed by atoms with E-state index in [1.165, 1.54) is 0 Å². The summed E-state index contributed by atoms with van der Waals surface area (Å²) in [6, 6.07) is 55.2. The number of nitrogens with two attached hydrogens (primary N) is 4. The maximum Gasteiger partial charge on any atom is 0.240 e. The number of guanidine groups is 1. The van der Waals surface area contributed by atoms with Gasteiger partial charge in [0.15, 0.2) is 45.3 Å².